The Morgan fingerprint density at radius 3 is 2.69 bits per heavy atom. The van der Waals surface area contributed by atoms with Crippen molar-refractivity contribution in [2.75, 3.05) is 4.90 Å². The zero-order valence-electron chi connectivity index (χ0n) is 14.1. The predicted octanol–water partition coefficient (Wildman–Crippen LogP) is 4.14. The minimum atomic E-state index is -0.213. The fourth-order valence-electron chi connectivity index (χ4n) is 3.63. The van der Waals surface area contributed by atoms with Gasteiger partial charge in [0.15, 0.2) is 0 Å². The molecule has 1 aliphatic rings. The van der Waals surface area contributed by atoms with E-state index in [1.165, 1.54) is 29.1 Å². The fourth-order valence-corrected chi connectivity index (χ4v) is 3.63. The molecule has 1 aliphatic heterocycles. The van der Waals surface area contributed by atoms with Gasteiger partial charge in [-0.3, -0.25) is 9.67 Å². The van der Waals surface area contributed by atoms with Gasteiger partial charge in [-0.1, -0.05) is 30.3 Å². The molecule has 0 N–H and O–H groups in total. The van der Waals surface area contributed by atoms with Crippen molar-refractivity contribution in [3.63, 3.8) is 0 Å². The molecule has 0 saturated heterocycles. The molecule has 3 heterocycles. The topological polar surface area (TPSA) is 34.0 Å². The molecule has 5 heteroatoms. The van der Waals surface area contributed by atoms with Gasteiger partial charge >= 0.3 is 0 Å². The first-order valence-electron chi connectivity index (χ1n) is 8.64. The third-order valence-corrected chi connectivity index (χ3v) is 4.95. The monoisotopic (exact) mass is 344 g/mol. The van der Waals surface area contributed by atoms with Gasteiger partial charge in [-0.05, 0) is 29.8 Å². The number of pyridine rings is 1. The number of hydrogen-bond donors (Lipinski definition) is 0. The van der Waals surface area contributed by atoms with Gasteiger partial charge in [0.05, 0.1) is 30.5 Å². The standard InChI is InChI=1S/C21H17FN4/c22-17-7-5-15(6-8-17)12-26-21-14-25(13-16(21)11-24-26)20-9-10-23-19-4-2-1-3-18(19)20/h1-11H,12-14H2. The minimum Gasteiger partial charge on any atom is -0.361 e. The molecule has 0 aliphatic carbocycles. The summed E-state index contributed by atoms with van der Waals surface area (Å²) in [5, 5.41) is 5.69. The van der Waals surface area contributed by atoms with Crippen LogP contribution in [-0.2, 0) is 19.6 Å². The van der Waals surface area contributed by atoms with Crippen molar-refractivity contribution in [1.82, 2.24) is 14.8 Å². The van der Waals surface area contributed by atoms with Crippen molar-refractivity contribution in [1.29, 1.82) is 0 Å². The van der Waals surface area contributed by atoms with Crippen LogP contribution in [0, 0.1) is 5.82 Å². The van der Waals surface area contributed by atoms with E-state index in [1.54, 1.807) is 0 Å². The third-order valence-electron chi connectivity index (χ3n) is 4.95. The minimum absolute atomic E-state index is 0.213. The molecule has 0 fully saturated rings. The summed E-state index contributed by atoms with van der Waals surface area (Å²) in [4.78, 5) is 6.81. The van der Waals surface area contributed by atoms with Gasteiger partial charge in [0.1, 0.15) is 5.82 Å². The number of nitrogens with zero attached hydrogens (tertiary/aromatic N) is 4. The molecule has 5 rings (SSSR count). The average molecular weight is 344 g/mol. The van der Waals surface area contributed by atoms with Crippen molar-refractivity contribution in [3.05, 3.63) is 89.6 Å². The molecule has 26 heavy (non-hydrogen) atoms. The number of para-hydroxylation sites is 1. The summed E-state index contributed by atoms with van der Waals surface area (Å²) in [5.74, 6) is -0.213. The highest BCUT2D eigenvalue weighted by molar-refractivity contribution is 5.91. The van der Waals surface area contributed by atoms with Crippen LogP contribution in [0.25, 0.3) is 10.9 Å². The van der Waals surface area contributed by atoms with Crippen LogP contribution in [0.1, 0.15) is 16.8 Å². The highest BCUT2D eigenvalue weighted by Gasteiger charge is 2.25. The van der Waals surface area contributed by atoms with Crippen molar-refractivity contribution in [2.24, 2.45) is 0 Å². The second-order valence-electron chi connectivity index (χ2n) is 6.60. The molecule has 0 unspecified atom stereocenters. The lowest BCUT2D eigenvalue weighted by Crippen LogP contribution is -2.17. The van der Waals surface area contributed by atoms with Crippen molar-refractivity contribution >= 4 is 16.6 Å². The molecule has 4 aromatic rings. The largest absolute Gasteiger partial charge is 0.361 e. The Kier molecular flexibility index (Phi) is 3.45. The maximum Gasteiger partial charge on any atom is 0.123 e. The van der Waals surface area contributed by atoms with Crippen molar-refractivity contribution in [3.8, 4) is 0 Å². The van der Waals surface area contributed by atoms with Gasteiger partial charge in [0, 0.05) is 29.4 Å². The van der Waals surface area contributed by atoms with Gasteiger partial charge in [-0.2, -0.15) is 5.10 Å². The van der Waals surface area contributed by atoms with Gasteiger partial charge in [0.25, 0.3) is 0 Å². The summed E-state index contributed by atoms with van der Waals surface area (Å²) >= 11 is 0. The van der Waals surface area contributed by atoms with E-state index in [4.69, 9.17) is 0 Å². The number of benzene rings is 2. The Labute approximate surface area is 150 Å². The number of aromatic nitrogens is 3. The lowest BCUT2D eigenvalue weighted by atomic mass is 10.2. The Balaban J connectivity index is 1.45. The average Bonchev–Trinajstić information content (AvgIpc) is 3.25. The zero-order chi connectivity index (χ0) is 17.5. The quantitative estimate of drug-likeness (QED) is 0.560. The predicted molar refractivity (Wildman–Crippen MR) is 99.4 cm³/mol. The van der Waals surface area contributed by atoms with Crippen LogP contribution < -0.4 is 4.90 Å². The smallest absolute Gasteiger partial charge is 0.123 e. The molecule has 0 spiro atoms. The van der Waals surface area contributed by atoms with Gasteiger partial charge < -0.3 is 4.90 Å². The molecule has 0 atom stereocenters. The van der Waals surface area contributed by atoms with E-state index in [2.05, 4.69) is 27.1 Å². The van der Waals surface area contributed by atoms with E-state index in [9.17, 15) is 4.39 Å². The molecular formula is C21H17FN4. The molecular weight excluding hydrogens is 327 g/mol. The number of fused-ring (bicyclic) bond motifs is 2. The van der Waals surface area contributed by atoms with E-state index in [-0.39, 0.29) is 5.82 Å². The first kappa shape index (κ1) is 15.1. The Morgan fingerprint density at radius 1 is 0.962 bits per heavy atom. The van der Waals surface area contributed by atoms with Crippen LogP contribution in [0.3, 0.4) is 0 Å². The summed E-state index contributed by atoms with van der Waals surface area (Å²) in [6.07, 6.45) is 3.81. The number of anilines is 1. The van der Waals surface area contributed by atoms with Crippen LogP contribution in [0.4, 0.5) is 10.1 Å². The molecule has 0 amide bonds. The lowest BCUT2D eigenvalue weighted by Gasteiger charge is -2.20. The normalized spacial score (nSPS) is 13.3. The Hall–Kier alpha value is -3.21. The van der Waals surface area contributed by atoms with E-state index in [0.29, 0.717) is 6.54 Å². The Bertz CT molecular complexity index is 1080. The van der Waals surface area contributed by atoms with E-state index in [0.717, 1.165) is 29.6 Å². The third kappa shape index (κ3) is 2.52. The first-order chi connectivity index (χ1) is 12.8. The Morgan fingerprint density at radius 2 is 1.81 bits per heavy atom. The van der Waals surface area contributed by atoms with Crippen LogP contribution in [-0.4, -0.2) is 14.8 Å². The van der Waals surface area contributed by atoms with E-state index < -0.39 is 0 Å². The highest BCUT2D eigenvalue weighted by atomic mass is 19.1. The second-order valence-corrected chi connectivity index (χ2v) is 6.60. The SMILES string of the molecule is Fc1ccc(Cn2ncc3c2CN(c2ccnc4ccccc24)C3)cc1. The molecule has 4 nitrogen and oxygen atoms in total. The van der Waals surface area contributed by atoms with Gasteiger partial charge in [-0.25, -0.2) is 4.39 Å². The highest BCUT2D eigenvalue weighted by Crippen LogP contribution is 2.32. The zero-order valence-corrected chi connectivity index (χ0v) is 14.1. The van der Waals surface area contributed by atoms with E-state index >= 15 is 0 Å². The first-order valence-corrected chi connectivity index (χ1v) is 8.64. The van der Waals surface area contributed by atoms with Crippen LogP contribution in [0.5, 0.6) is 0 Å². The summed E-state index contributed by atoms with van der Waals surface area (Å²) in [6.45, 7) is 2.30. The molecule has 128 valence electrons. The maximum atomic E-state index is 13.1. The molecule has 0 bridgehead atoms. The summed E-state index contributed by atoms with van der Waals surface area (Å²) in [6, 6.07) is 16.9. The molecule has 0 radical (unpaired) electrons. The van der Waals surface area contributed by atoms with Crippen LogP contribution in [0.15, 0.2) is 67.0 Å². The van der Waals surface area contributed by atoms with Gasteiger partial charge in [-0.15, -0.1) is 0 Å². The van der Waals surface area contributed by atoms with E-state index in [1.807, 2.05) is 47.4 Å². The molecule has 0 saturated carbocycles. The number of rotatable bonds is 3. The second kappa shape index (κ2) is 5.95. The number of halogens is 1. The lowest BCUT2D eigenvalue weighted by molar-refractivity contribution is 0.620. The number of hydrogen-bond acceptors (Lipinski definition) is 3. The van der Waals surface area contributed by atoms with Crippen molar-refractivity contribution in [2.45, 2.75) is 19.6 Å². The summed E-state index contributed by atoms with van der Waals surface area (Å²) in [7, 11) is 0. The van der Waals surface area contributed by atoms with Gasteiger partial charge in [0.2, 0.25) is 0 Å². The van der Waals surface area contributed by atoms with Crippen molar-refractivity contribution < 1.29 is 4.39 Å². The molecule has 2 aromatic heterocycles. The maximum absolute atomic E-state index is 13.1. The molecule has 2 aromatic carbocycles. The van der Waals surface area contributed by atoms with Crippen LogP contribution >= 0.6 is 0 Å². The summed E-state index contributed by atoms with van der Waals surface area (Å²) < 4.78 is 15.1. The van der Waals surface area contributed by atoms with Crippen LogP contribution in [0.2, 0.25) is 0 Å². The summed E-state index contributed by atoms with van der Waals surface area (Å²) in [5.41, 5.74) is 5.71. The fraction of sp³-hybridized carbons (Fsp3) is 0.143.